The van der Waals surface area contributed by atoms with Gasteiger partial charge in [-0.2, -0.15) is 0 Å². The van der Waals surface area contributed by atoms with E-state index in [9.17, 15) is 8.42 Å². The van der Waals surface area contributed by atoms with E-state index in [2.05, 4.69) is 41.6 Å². The van der Waals surface area contributed by atoms with E-state index in [4.69, 9.17) is 0 Å². The van der Waals surface area contributed by atoms with Crippen LogP contribution in [0.15, 0.2) is 50.5 Å². The van der Waals surface area contributed by atoms with Gasteiger partial charge in [0.05, 0.1) is 11.9 Å². The lowest BCUT2D eigenvalue weighted by atomic mass is 10.3. The summed E-state index contributed by atoms with van der Waals surface area (Å²) in [6.45, 7) is 1.82. The zero-order valence-electron chi connectivity index (χ0n) is 9.89. The largest absolute Gasteiger partial charge is 0.278 e. The van der Waals surface area contributed by atoms with Gasteiger partial charge in [0, 0.05) is 15.1 Å². The van der Waals surface area contributed by atoms with Crippen LogP contribution in [0.1, 0.15) is 5.56 Å². The second kappa shape index (κ2) is 5.60. The molecule has 0 aliphatic rings. The van der Waals surface area contributed by atoms with Crippen molar-refractivity contribution in [2.24, 2.45) is 0 Å². The summed E-state index contributed by atoms with van der Waals surface area (Å²) in [5.74, 6) is 0. The number of benzene rings is 1. The molecule has 4 nitrogen and oxygen atoms in total. The van der Waals surface area contributed by atoms with Crippen LogP contribution in [0.3, 0.4) is 0 Å². The molecule has 100 valence electrons. The van der Waals surface area contributed by atoms with Gasteiger partial charge < -0.3 is 0 Å². The van der Waals surface area contributed by atoms with Crippen molar-refractivity contribution in [2.45, 2.75) is 11.8 Å². The molecule has 0 unspecified atom stereocenters. The van der Waals surface area contributed by atoms with E-state index in [1.807, 2.05) is 6.92 Å². The molecular formula is C12H10Br2N2O2S. The highest BCUT2D eigenvalue weighted by molar-refractivity contribution is 9.11. The van der Waals surface area contributed by atoms with Crippen LogP contribution in [0.5, 0.6) is 0 Å². The van der Waals surface area contributed by atoms with Crippen LogP contribution in [0.4, 0.5) is 5.69 Å². The first-order valence-corrected chi connectivity index (χ1v) is 8.35. The van der Waals surface area contributed by atoms with Crippen LogP contribution in [0.2, 0.25) is 0 Å². The monoisotopic (exact) mass is 404 g/mol. The number of hydrogen-bond acceptors (Lipinski definition) is 3. The minimum absolute atomic E-state index is 0.180. The molecule has 0 saturated carbocycles. The molecule has 2 rings (SSSR count). The maximum atomic E-state index is 12.3. The normalized spacial score (nSPS) is 11.3. The van der Waals surface area contributed by atoms with Gasteiger partial charge in [0.2, 0.25) is 0 Å². The Bertz CT molecular complexity index is 717. The SMILES string of the molecule is Cc1ccncc1NS(=O)(=O)c1ccc(Br)cc1Br. The number of aryl methyl sites for hydroxylation is 1. The fourth-order valence-electron chi connectivity index (χ4n) is 1.46. The standard InChI is InChI=1S/C12H10Br2N2O2S/c1-8-4-5-15-7-11(8)16-19(17,18)12-3-2-9(13)6-10(12)14/h2-7,16H,1H3. The molecule has 1 aromatic heterocycles. The first kappa shape index (κ1) is 14.5. The van der Waals surface area contributed by atoms with Gasteiger partial charge in [0.25, 0.3) is 10.0 Å². The Morgan fingerprint density at radius 1 is 1.21 bits per heavy atom. The molecule has 2 aromatic rings. The molecule has 0 spiro atoms. The molecule has 0 fully saturated rings. The fourth-order valence-corrected chi connectivity index (χ4v) is 4.33. The molecule has 19 heavy (non-hydrogen) atoms. The highest BCUT2D eigenvalue weighted by Crippen LogP contribution is 2.27. The molecule has 0 aliphatic carbocycles. The van der Waals surface area contributed by atoms with Crippen LogP contribution in [0.25, 0.3) is 0 Å². The molecule has 7 heteroatoms. The summed E-state index contributed by atoms with van der Waals surface area (Å²) >= 11 is 6.54. The average Bonchev–Trinajstić information content (AvgIpc) is 2.31. The van der Waals surface area contributed by atoms with Gasteiger partial charge in [-0.15, -0.1) is 0 Å². The van der Waals surface area contributed by atoms with E-state index < -0.39 is 10.0 Å². The lowest BCUT2D eigenvalue weighted by Gasteiger charge is -2.11. The van der Waals surface area contributed by atoms with Crippen molar-refractivity contribution < 1.29 is 8.42 Å². The summed E-state index contributed by atoms with van der Waals surface area (Å²) in [6.07, 6.45) is 3.10. The molecule has 0 saturated heterocycles. The maximum absolute atomic E-state index is 12.3. The number of hydrogen-bond donors (Lipinski definition) is 1. The van der Waals surface area contributed by atoms with Crippen LogP contribution in [-0.4, -0.2) is 13.4 Å². The van der Waals surface area contributed by atoms with Crippen molar-refractivity contribution in [3.8, 4) is 0 Å². The second-order valence-electron chi connectivity index (χ2n) is 3.87. The molecule has 1 heterocycles. The highest BCUT2D eigenvalue weighted by atomic mass is 79.9. The Morgan fingerprint density at radius 2 is 1.95 bits per heavy atom. The highest BCUT2D eigenvalue weighted by Gasteiger charge is 2.18. The number of nitrogens with zero attached hydrogens (tertiary/aromatic N) is 1. The van der Waals surface area contributed by atoms with Crippen molar-refractivity contribution in [2.75, 3.05) is 4.72 Å². The van der Waals surface area contributed by atoms with Crippen LogP contribution in [0, 0.1) is 6.92 Å². The number of pyridine rings is 1. The summed E-state index contributed by atoms with van der Waals surface area (Å²) < 4.78 is 28.4. The van der Waals surface area contributed by atoms with E-state index in [1.165, 1.54) is 12.3 Å². The fraction of sp³-hybridized carbons (Fsp3) is 0.0833. The predicted octanol–water partition coefficient (Wildman–Crippen LogP) is 3.72. The first-order valence-electron chi connectivity index (χ1n) is 5.28. The molecule has 0 atom stereocenters. The summed E-state index contributed by atoms with van der Waals surface area (Å²) in [5.41, 5.74) is 1.28. The molecule has 1 N–H and O–H groups in total. The van der Waals surface area contributed by atoms with Crippen molar-refractivity contribution in [1.29, 1.82) is 0 Å². The second-order valence-corrected chi connectivity index (χ2v) is 7.29. The van der Waals surface area contributed by atoms with Crippen molar-refractivity contribution in [3.63, 3.8) is 0 Å². The zero-order chi connectivity index (χ0) is 14.0. The number of rotatable bonds is 3. The van der Waals surface area contributed by atoms with Gasteiger partial charge in [0.1, 0.15) is 4.90 Å². The van der Waals surface area contributed by atoms with E-state index in [0.29, 0.717) is 10.2 Å². The molecular weight excluding hydrogens is 396 g/mol. The molecule has 1 aromatic carbocycles. The van der Waals surface area contributed by atoms with Gasteiger partial charge in [-0.3, -0.25) is 9.71 Å². The third-order valence-corrected chi connectivity index (χ3v) is 5.30. The number of aromatic nitrogens is 1. The summed E-state index contributed by atoms with van der Waals surface area (Å²) in [5, 5.41) is 0. The molecule has 0 aliphatic heterocycles. The smallest absolute Gasteiger partial charge is 0.263 e. The lowest BCUT2D eigenvalue weighted by molar-refractivity contribution is 0.600. The molecule has 0 radical (unpaired) electrons. The van der Waals surface area contributed by atoms with Crippen molar-refractivity contribution >= 4 is 47.6 Å². The van der Waals surface area contributed by atoms with Crippen molar-refractivity contribution in [1.82, 2.24) is 4.98 Å². The van der Waals surface area contributed by atoms with Gasteiger partial charge in [-0.05, 0) is 52.7 Å². The lowest BCUT2D eigenvalue weighted by Crippen LogP contribution is -2.14. The Labute approximate surface area is 128 Å². The Kier molecular flexibility index (Phi) is 4.27. The predicted molar refractivity (Wildman–Crippen MR) is 81.6 cm³/mol. The number of sulfonamides is 1. The Balaban J connectivity index is 2.41. The maximum Gasteiger partial charge on any atom is 0.263 e. The summed E-state index contributed by atoms with van der Waals surface area (Å²) in [4.78, 5) is 4.09. The number of halogens is 2. The van der Waals surface area contributed by atoms with E-state index in [0.717, 1.165) is 10.0 Å². The van der Waals surface area contributed by atoms with Crippen molar-refractivity contribution in [3.05, 3.63) is 51.2 Å². The number of anilines is 1. The number of nitrogens with one attached hydrogen (secondary N) is 1. The minimum Gasteiger partial charge on any atom is -0.278 e. The topological polar surface area (TPSA) is 59.1 Å². The quantitative estimate of drug-likeness (QED) is 0.846. The minimum atomic E-state index is -3.64. The van der Waals surface area contributed by atoms with E-state index in [1.54, 1.807) is 24.4 Å². The average molecular weight is 406 g/mol. The van der Waals surface area contributed by atoms with Gasteiger partial charge in [0.15, 0.2) is 0 Å². The van der Waals surface area contributed by atoms with Gasteiger partial charge in [-0.1, -0.05) is 15.9 Å². The summed E-state index contributed by atoms with van der Waals surface area (Å²) in [7, 11) is -3.64. The van der Waals surface area contributed by atoms with Crippen LogP contribution >= 0.6 is 31.9 Å². The van der Waals surface area contributed by atoms with Gasteiger partial charge >= 0.3 is 0 Å². The summed E-state index contributed by atoms with van der Waals surface area (Å²) in [6, 6.07) is 6.64. The van der Waals surface area contributed by atoms with E-state index >= 15 is 0 Å². The zero-order valence-corrected chi connectivity index (χ0v) is 13.9. The third kappa shape index (κ3) is 3.34. The Morgan fingerprint density at radius 3 is 2.58 bits per heavy atom. The molecule has 0 amide bonds. The van der Waals surface area contributed by atoms with Crippen LogP contribution < -0.4 is 4.72 Å². The third-order valence-electron chi connectivity index (χ3n) is 2.47. The van der Waals surface area contributed by atoms with E-state index in [-0.39, 0.29) is 4.90 Å². The molecule has 0 bridgehead atoms. The van der Waals surface area contributed by atoms with Gasteiger partial charge in [-0.25, -0.2) is 8.42 Å². The first-order chi connectivity index (χ1) is 8.90. The Hall–Kier alpha value is -0.920. The van der Waals surface area contributed by atoms with Crippen LogP contribution in [-0.2, 0) is 10.0 Å².